The van der Waals surface area contributed by atoms with Crippen LogP contribution in [0.4, 0.5) is 17.1 Å². The van der Waals surface area contributed by atoms with Crippen molar-refractivity contribution in [3.63, 3.8) is 0 Å². The van der Waals surface area contributed by atoms with Gasteiger partial charge in [0.25, 0.3) is 0 Å². The first-order valence-corrected chi connectivity index (χ1v) is 18.0. The van der Waals surface area contributed by atoms with Crippen molar-refractivity contribution < 1.29 is 8.83 Å². The number of anilines is 3. The van der Waals surface area contributed by atoms with Gasteiger partial charge < -0.3 is 13.7 Å². The Kier molecular flexibility index (Phi) is 6.55. The Hall–Kier alpha value is -7.10. The highest BCUT2D eigenvalue weighted by Crippen LogP contribution is 2.50. The summed E-state index contributed by atoms with van der Waals surface area (Å²) < 4.78 is 13.5. The van der Waals surface area contributed by atoms with E-state index in [1.54, 1.807) is 0 Å². The lowest BCUT2D eigenvalue weighted by Gasteiger charge is -2.28. The maximum absolute atomic E-state index is 7.11. The van der Waals surface area contributed by atoms with Crippen molar-refractivity contribution in [3.05, 3.63) is 188 Å². The van der Waals surface area contributed by atoms with Crippen LogP contribution in [-0.4, -0.2) is 0 Å². The van der Waals surface area contributed by atoms with Crippen LogP contribution in [0.2, 0.25) is 0 Å². The van der Waals surface area contributed by atoms with Crippen LogP contribution in [0.1, 0.15) is 0 Å². The zero-order valence-electron chi connectivity index (χ0n) is 28.7. The van der Waals surface area contributed by atoms with Crippen LogP contribution in [0, 0.1) is 0 Å². The molecule has 0 saturated carbocycles. The van der Waals surface area contributed by atoms with Crippen LogP contribution >= 0.6 is 0 Å². The molecule has 2 aromatic heterocycles. The van der Waals surface area contributed by atoms with Crippen LogP contribution < -0.4 is 4.90 Å². The third kappa shape index (κ3) is 4.68. The van der Waals surface area contributed by atoms with Crippen LogP contribution in [0.5, 0.6) is 0 Å². The van der Waals surface area contributed by atoms with E-state index in [9.17, 15) is 0 Å². The van der Waals surface area contributed by atoms with E-state index in [1.165, 1.54) is 32.7 Å². The molecule has 3 nitrogen and oxygen atoms in total. The van der Waals surface area contributed by atoms with E-state index >= 15 is 0 Å². The van der Waals surface area contributed by atoms with E-state index in [4.69, 9.17) is 8.83 Å². The fourth-order valence-electron chi connectivity index (χ4n) is 8.19. The minimum atomic E-state index is 0.823. The largest absolute Gasteiger partial charge is 0.456 e. The molecular formula is C50H31NO2. The van der Waals surface area contributed by atoms with Gasteiger partial charge in [-0.05, 0) is 86.8 Å². The Balaban J connectivity index is 1.27. The van der Waals surface area contributed by atoms with Crippen molar-refractivity contribution in [2.24, 2.45) is 0 Å². The molecule has 0 saturated heterocycles. The van der Waals surface area contributed by atoms with Gasteiger partial charge in [0, 0.05) is 38.5 Å². The van der Waals surface area contributed by atoms with Crippen molar-refractivity contribution in [2.75, 3.05) is 4.90 Å². The van der Waals surface area contributed by atoms with Crippen molar-refractivity contribution in [2.45, 2.75) is 0 Å². The first-order valence-electron chi connectivity index (χ1n) is 18.0. The van der Waals surface area contributed by atoms with Crippen molar-refractivity contribution in [3.8, 4) is 22.3 Å². The molecule has 0 bridgehead atoms. The van der Waals surface area contributed by atoms with Crippen LogP contribution in [0.25, 0.3) is 87.7 Å². The molecule has 2 heterocycles. The molecule has 0 spiro atoms. The number of fused-ring (bicyclic) bond motifs is 9. The molecular weight excluding hydrogens is 647 g/mol. The van der Waals surface area contributed by atoms with Crippen molar-refractivity contribution in [1.29, 1.82) is 0 Å². The quantitative estimate of drug-likeness (QED) is 0.182. The number of furan rings is 2. The lowest BCUT2D eigenvalue weighted by molar-refractivity contribution is 0.663. The highest BCUT2D eigenvalue weighted by Gasteiger charge is 2.26. The third-order valence-electron chi connectivity index (χ3n) is 10.6. The monoisotopic (exact) mass is 677 g/mol. The Bertz CT molecular complexity index is 3160. The number of rotatable bonds is 5. The smallest absolute Gasteiger partial charge is 0.160 e. The number of hydrogen-bond acceptors (Lipinski definition) is 3. The summed E-state index contributed by atoms with van der Waals surface area (Å²) in [5.41, 5.74) is 11.0. The third-order valence-corrected chi connectivity index (χ3v) is 10.6. The molecule has 11 rings (SSSR count). The minimum Gasteiger partial charge on any atom is -0.456 e. The summed E-state index contributed by atoms with van der Waals surface area (Å²) >= 11 is 0. The lowest BCUT2D eigenvalue weighted by atomic mass is 9.94. The molecule has 3 heteroatoms. The van der Waals surface area contributed by atoms with Gasteiger partial charge in [-0.25, -0.2) is 0 Å². The van der Waals surface area contributed by atoms with Crippen LogP contribution in [-0.2, 0) is 0 Å². The second-order valence-electron chi connectivity index (χ2n) is 13.7. The zero-order chi connectivity index (χ0) is 34.9. The summed E-state index contributed by atoms with van der Waals surface area (Å²) in [7, 11) is 0. The average Bonchev–Trinajstić information content (AvgIpc) is 3.80. The van der Waals surface area contributed by atoms with Crippen molar-refractivity contribution in [1.82, 2.24) is 0 Å². The molecule has 0 aliphatic carbocycles. The Morgan fingerprint density at radius 1 is 0.340 bits per heavy atom. The highest BCUT2D eigenvalue weighted by molar-refractivity contribution is 6.28. The van der Waals surface area contributed by atoms with Gasteiger partial charge in [0.05, 0.1) is 5.69 Å². The van der Waals surface area contributed by atoms with Gasteiger partial charge in [0.15, 0.2) is 5.58 Å². The molecule has 0 atom stereocenters. The number of benzene rings is 9. The van der Waals surface area contributed by atoms with E-state index in [2.05, 4.69) is 175 Å². The van der Waals surface area contributed by atoms with E-state index in [0.29, 0.717) is 0 Å². The van der Waals surface area contributed by atoms with Crippen molar-refractivity contribution >= 4 is 82.5 Å². The molecule has 11 aromatic rings. The van der Waals surface area contributed by atoms with E-state index in [-0.39, 0.29) is 0 Å². The fraction of sp³-hybridized carbons (Fsp3) is 0. The molecule has 0 aliphatic heterocycles. The average molecular weight is 678 g/mol. The summed E-state index contributed by atoms with van der Waals surface area (Å²) in [6.07, 6.45) is 0. The molecule has 0 amide bonds. The van der Waals surface area contributed by atoms with Crippen LogP contribution in [0.15, 0.2) is 197 Å². The minimum absolute atomic E-state index is 0.823. The molecule has 9 aromatic carbocycles. The summed E-state index contributed by atoms with van der Waals surface area (Å²) in [6, 6.07) is 66.8. The number of para-hydroxylation sites is 1. The maximum atomic E-state index is 7.11. The maximum Gasteiger partial charge on any atom is 0.160 e. The molecule has 0 unspecified atom stereocenters. The molecule has 0 N–H and O–H groups in total. The number of nitrogens with zero attached hydrogens (tertiary/aromatic N) is 1. The van der Waals surface area contributed by atoms with E-state index < -0.39 is 0 Å². The predicted octanol–water partition coefficient (Wildman–Crippen LogP) is 14.6. The summed E-state index contributed by atoms with van der Waals surface area (Å²) in [5.74, 6) is 0. The van der Waals surface area contributed by atoms with E-state index in [0.717, 1.165) is 72.1 Å². The SMILES string of the molecule is c1ccc(-c2ccc(N(c3ccc4ccccc4c3)c3c(-c4cccc5ccccc45)ccc4c3oc3ccc5oc6ccccc6c5c34)cc2)cc1. The van der Waals surface area contributed by atoms with Gasteiger partial charge in [0.2, 0.25) is 0 Å². The summed E-state index contributed by atoms with van der Waals surface area (Å²) in [4.78, 5) is 2.38. The normalized spacial score (nSPS) is 11.8. The van der Waals surface area contributed by atoms with Crippen LogP contribution in [0.3, 0.4) is 0 Å². The topological polar surface area (TPSA) is 29.5 Å². The van der Waals surface area contributed by atoms with Gasteiger partial charge in [-0.15, -0.1) is 0 Å². The molecule has 0 aliphatic rings. The Morgan fingerprint density at radius 3 is 1.83 bits per heavy atom. The first-order chi connectivity index (χ1) is 26.3. The molecule has 0 fully saturated rings. The van der Waals surface area contributed by atoms with Gasteiger partial charge in [-0.3, -0.25) is 0 Å². The molecule has 53 heavy (non-hydrogen) atoms. The van der Waals surface area contributed by atoms with Gasteiger partial charge in [0.1, 0.15) is 16.7 Å². The standard InChI is InChI=1S/C50H31NO2/c1-2-11-32(12-3-1)34-21-24-37(25-22-34)51(38-26-23-33-13-4-5-15-36(33)31-38)49-41(40-19-10-16-35-14-6-7-17-39(35)40)27-28-43-48-46(53-50(43)49)30-29-45-47(48)42-18-8-9-20-44(42)52-45/h1-31H. The predicted molar refractivity (Wildman–Crippen MR) is 222 cm³/mol. The Labute approximate surface area is 305 Å². The Morgan fingerprint density at radius 2 is 0.981 bits per heavy atom. The van der Waals surface area contributed by atoms with Gasteiger partial charge in [-0.1, -0.05) is 140 Å². The zero-order valence-corrected chi connectivity index (χ0v) is 28.7. The molecule has 248 valence electrons. The molecule has 0 radical (unpaired) electrons. The second-order valence-corrected chi connectivity index (χ2v) is 13.7. The summed E-state index contributed by atoms with van der Waals surface area (Å²) in [6.45, 7) is 0. The number of hydrogen-bond donors (Lipinski definition) is 0. The first kappa shape index (κ1) is 29.6. The summed E-state index contributed by atoms with van der Waals surface area (Å²) in [5, 5.41) is 9.01. The fourth-order valence-corrected chi connectivity index (χ4v) is 8.19. The van der Waals surface area contributed by atoms with Gasteiger partial charge in [-0.2, -0.15) is 0 Å². The van der Waals surface area contributed by atoms with Gasteiger partial charge >= 0.3 is 0 Å². The second kappa shape index (κ2) is 11.7. The van der Waals surface area contributed by atoms with E-state index in [1.807, 2.05) is 18.2 Å². The lowest BCUT2D eigenvalue weighted by Crippen LogP contribution is -2.12. The highest BCUT2D eigenvalue weighted by atomic mass is 16.3.